The van der Waals surface area contributed by atoms with Crippen molar-refractivity contribution in [1.82, 2.24) is 10.6 Å². The van der Waals surface area contributed by atoms with E-state index in [0.717, 1.165) is 25.4 Å². The van der Waals surface area contributed by atoms with Crippen molar-refractivity contribution in [3.05, 3.63) is 71.8 Å². The van der Waals surface area contributed by atoms with Crippen LogP contribution < -0.4 is 10.6 Å². The molecule has 4 radical (unpaired) electrons. The molecule has 0 bridgehead atoms. The quantitative estimate of drug-likeness (QED) is 0.518. The van der Waals surface area contributed by atoms with Gasteiger partial charge in [-0.15, -0.1) is 0 Å². The van der Waals surface area contributed by atoms with Gasteiger partial charge in [-0.3, -0.25) is 0 Å². The van der Waals surface area contributed by atoms with Crippen molar-refractivity contribution in [2.45, 2.75) is 13.1 Å². The highest BCUT2D eigenvalue weighted by atomic mass is 28.3. The van der Waals surface area contributed by atoms with Gasteiger partial charge in [-0.25, -0.2) is 0 Å². The molecule has 0 spiro atoms. The molecule has 3 nitrogen and oxygen atoms in total. The Morgan fingerprint density at radius 2 is 1.10 bits per heavy atom. The van der Waals surface area contributed by atoms with Crippen LogP contribution in [0.15, 0.2) is 60.7 Å². The molecule has 5 heteroatoms. The molecule has 0 heterocycles. The van der Waals surface area contributed by atoms with Crippen molar-refractivity contribution in [3.8, 4) is 0 Å². The van der Waals surface area contributed by atoms with Crippen LogP contribution in [-0.2, 0) is 17.2 Å². The Kier molecular flexibility index (Phi) is 8.05. The predicted molar refractivity (Wildman–Crippen MR) is 88.9 cm³/mol. The molecule has 0 saturated heterocycles. The largest absolute Gasteiger partial charge is 0.455 e. The van der Waals surface area contributed by atoms with Gasteiger partial charge < -0.3 is 14.7 Å². The van der Waals surface area contributed by atoms with E-state index < -0.39 is 0 Å². The topological polar surface area (TPSA) is 33.3 Å². The summed E-state index contributed by atoms with van der Waals surface area (Å²) in [6.07, 6.45) is 1.83. The van der Waals surface area contributed by atoms with Crippen LogP contribution in [0.3, 0.4) is 0 Å². The third-order valence-corrected chi connectivity index (χ3v) is 4.83. The van der Waals surface area contributed by atoms with E-state index in [0.29, 0.717) is 19.5 Å². The summed E-state index contributed by atoms with van der Waals surface area (Å²) in [7, 11) is 1.05. The van der Waals surface area contributed by atoms with Gasteiger partial charge in [0.05, 0.1) is 0 Å². The monoisotopic (exact) mass is 312 g/mol. The molecule has 2 N–H and O–H groups in total. The zero-order valence-corrected chi connectivity index (χ0v) is 14.0. The van der Waals surface area contributed by atoms with Gasteiger partial charge in [-0.05, 0) is 11.1 Å². The van der Waals surface area contributed by atoms with Crippen molar-refractivity contribution in [3.63, 3.8) is 0 Å². The van der Waals surface area contributed by atoms with E-state index in [9.17, 15) is 0 Å². The third-order valence-electron chi connectivity index (χ3n) is 2.88. The highest BCUT2D eigenvalue weighted by Gasteiger charge is 1.96. The molecule has 21 heavy (non-hydrogen) atoms. The van der Waals surface area contributed by atoms with E-state index in [1.54, 1.807) is 0 Å². The summed E-state index contributed by atoms with van der Waals surface area (Å²) in [5.41, 5.74) is 2.63. The molecule has 0 amide bonds. The highest BCUT2D eigenvalue weighted by molar-refractivity contribution is 6.42. The first-order valence-corrected chi connectivity index (χ1v) is 9.29. The summed E-state index contributed by atoms with van der Waals surface area (Å²) in [6, 6.07) is 20.9. The fourth-order valence-corrected chi connectivity index (χ4v) is 3.27. The van der Waals surface area contributed by atoms with Gasteiger partial charge in [0.2, 0.25) is 19.5 Å². The minimum absolute atomic E-state index is 0.523. The van der Waals surface area contributed by atoms with Gasteiger partial charge in [0.25, 0.3) is 0 Å². The van der Waals surface area contributed by atoms with Crippen LogP contribution in [0.1, 0.15) is 11.1 Å². The molecular formula is C16H20N2OSi2. The van der Waals surface area contributed by atoms with Crippen molar-refractivity contribution < 1.29 is 4.12 Å². The summed E-state index contributed by atoms with van der Waals surface area (Å²) in [5.74, 6) is 0. The van der Waals surface area contributed by atoms with Crippen LogP contribution in [0.25, 0.3) is 0 Å². The average Bonchev–Trinajstić information content (AvgIpc) is 2.55. The van der Waals surface area contributed by atoms with Gasteiger partial charge in [-0.2, -0.15) is 0 Å². The molecule has 0 saturated carbocycles. The lowest BCUT2D eigenvalue weighted by atomic mass is 10.2. The summed E-state index contributed by atoms with van der Waals surface area (Å²) in [6.45, 7) is 1.82. The minimum atomic E-state index is 0.523. The summed E-state index contributed by atoms with van der Waals surface area (Å²) in [4.78, 5) is 0. The van der Waals surface area contributed by atoms with Crippen molar-refractivity contribution in [1.29, 1.82) is 0 Å². The molecule has 2 rings (SSSR count). The standard InChI is InChI=1S/C16H20N2OSi2/c1-3-7-15(8-4-1)11-17-13-20-19-21-14-18-12-16-9-5-2-6-10-16/h1-10,17-18H,11-14H2. The van der Waals surface area contributed by atoms with E-state index in [4.69, 9.17) is 4.12 Å². The fourth-order valence-electron chi connectivity index (χ4n) is 1.83. The molecule has 0 aliphatic carbocycles. The molecule has 2 aromatic carbocycles. The highest BCUT2D eigenvalue weighted by Crippen LogP contribution is 1.97. The van der Waals surface area contributed by atoms with Crippen LogP contribution in [0, 0.1) is 0 Å². The summed E-state index contributed by atoms with van der Waals surface area (Å²) in [5, 5.41) is 6.78. The van der Waals surface area contributed by atoms with E-state index in [1.807, 2.05) is 12.1 Å². The molecule has 2 aromatic rings. The van der Waals surface area contributed by atoms with E-state index >= 15 is 0 Å². The van der Waals surface area contributed by atoms with Crippen LogP contribution in [0.5, 0.6) is 0 Å². The number of hydrogen-bond acceptors (Lipinski definition) is 3. The number of benzene rings is 2. The second-order valence-electron chi connectivity index (χ2n) is 4.57. The minimum Gasteiger partial charge on any atom is -0.455 e. The molecule has 0 atom stereocenters. The zero-order valence-electron chi connectivity index (χ0n) is 12.0. The van der Waals surface area contributed by atoms with Gasteiger partial charge in [0.15, 0.2) is 0 Å². The molecule has 0 aliphatic rings. The van der Waals surface area contributed by atoms with Crippen molar-refractivity contribution >= 4 is 19.5 Å². The Labute approximate surface area is 132 Å². The maximum Gasteiger partial charge on any atom is 0.230 e. The molecule has 0 unspecified atom stereocenters. The Balaban J connectivity index is 1.40. The lowest BCUT2D eigenvalue weighted by Gasteiger charge is -2.06. The average molecular weight is 313 g/mol. The Hall–Kier alpha value is -1.25. The summed E-state index contributed by atoms with van der Waals surface area (Å²) >= 11 is 0. The summed E-state index contributed by atoms with van der Waals surface area (Å²) < 4.78 is 5.64. The molecule has 0 fully saturated rings. The fraction of sp³-hybridized carbons (Fsp3) is 0.250. The van der Waals surface area contributed by atoms with Crippen LogP contribution in [0.2, 0.25) is 0 Å². The second-order valence-corrected chi connectivity index (χ2v) is 6.67. The van der Waals surface area contributed by atoms with E-state index in [1.165, 1.54) is 11.1 Å². The molecule has 108 valence electrons. The predicted octanol–water partition coefficient (Wildman–Crippen LogP) is 1.74. The number of nitrogens with one attached hydrogen (secondary N) is 2. The van der Waals surface area contributed by atoms with Crippen LogP contribution in [0.4, 0.5) is 0 Å². The first kappa shape index (κ1) is 16.1. The van der Waals surface area contributed by atoms with E-state index in [-0.39, 0.29) is 0 Å². The Bertz CT molecular complexity index is 437. The van der Waals surface area contributed by atoms with Crippen LogP contribution >= 0.6 is 0 Å². The molecular weight excluding hydrogens is 292 g/mol. The lowest BCUT2D eigenvalue weighted by Crippen LogP contribution is -2.27. The Morgan fingerprint density at radius 3 is 1.52 bits per heavy atom. The maximum absolute atomic E-state index is 5.64. The zero-order chi connectivity index (χ0) is 14.6. The Morgan fingerprint density at radius 1 is 0.667 bits per heavy atom. The lowest BCUT2D eigenvalue weighted by molar-refractivity contribution is 0.605. The normalized spacial score (nSPS) is 10.7. The smallest absolute Gasteiger partial charge is 0.230 e. The van der Waals surface area contributed by atoms with Gasteiger partial charge >= 0.3 is 0 Å². The first-order chi connectivity index (χ1) is 10.4. The van der Waals surface area contributed by atoms with E-state index in [2.05, 4.69) is 59.2 Å². The first-order valence-electron chi connectivity index (χ1n) is 7.06. The van der Waals surface area contributed by atoms with Crippen LogP contribution in [-0.4, -0.2) is 31.9 Å². The number of rotatable bonds is 10. The molecule has 0 aliphatic heterocycles. The third kappa shape index (κ3) is 7.35. The SMILES string of the molecule is c1ccc(CNC[Si]O[Si]CNCc2ccccc2)cc1. The second kappa shape index (κ2) is 10.5. The van der Waals surface area contributed by atoms with Crippen molar-refractivity contribution in [2.24, 2.45) is 0 Å². The van der Waals surface area contributed by atoms with Gasteiger partial charge in [-0.1, -0.05) is 60.7 Å². The number of hydrogen-bond donors (Lipinski definition) is 2. The van der Waals surface area contributed by atoms with Gasteiger partial charge in [0.1, 0.15) is 0 Å². The maximum atomic E-state index is 5.64. The van der Waals surface area contributed by atoms with Crippen molar-refractivity contribution in [2.75, 3.05) is 12.3 Å². The molecule has 0 aromatic heterocycles. The van der Waals surface area contributed by atoms with Gasteiger partial charge in [0, 0.05) is 25.4 Å².